The highest BCUT2D eigenvalue weighted by molar-refractivity contribution is 6.31. The van der Waals surface area contributed by atoms with Crippen molar-refractivity contribution in [3.05, 3.63) is 44.7 Å². The summed E-state index contributed by atoms with van der Waals surface area (Å²) >= 11 is 6.05. The Labute approximate surface area is 185 Å². The fourth-order valence-electron chi connectivity index (χ4n) is 4.37. The number of fused-ring (bicyclic) bond motifs is 1. The summed E-state index contributed by atoms with van der Waals surface area (Å²) in [4.78, 5) is 48.0. The van der Waals surface area contributed by atoms with Crippen molar-refractivity contribution in [1.29, 1.82) is 0 Å². The van der Waals surface area contributed by atoms with Gasteiger partial charge in [0.2, 0.25) is 17.8 Å². The van der Waals surface area contributed by atoms with Gasteiger partial charge in [-0.2, -0.15) is 4.98 Å². The highest BCUT2D eigenvalue weighted by Crippen LogP contribution is 2.32. The van der Waals surface area contributed by atoms with Crippen LogP contribution in [0, 0.1) is 6.92 Å². The maximum atomic E-state index is 13.1. The fourth-order valence-corrected chi connectivity index (χ4v) is 4.54. The third-order valence-corrected chi connectivity index (χ3v) is 6.32. The number of aromatic nitrogens is 2. The maximum Gasteiger partial charge on any atom is 0.258 e. The van der Waals surface area contributed by atoms with Crippen molar-refractivity contribution in [2.24, 2.45) is 0 Å². The molecule has 0 saturated carbocycles. The van der Waals surface area contributed by atoms with Crippen molar-refractivity contribution in [2.75, 3.05) is 22.1 Å². The minimum absolute atomic E-state index is 0.121. The summed E-state index contributed by atoms with van der Waals surface area (Å²) in [5, 5.41) is 5.98. The summed E-state index contributed by atoms with van der Waals surface area (Å²) in [5.74, 6) is -1.10. The second-order valence-electron chi connectivity index (χ2n) is 8.16. The Morgan fingerprint density at radius 1 is 1.32 bits per heavy atom. The summed E-state index contributed by atoms with van der Waals surface area (Å²) in [6.07, 6.45) is 4.02. The predicted octanol–water partition coefficient (Wildman–Crippen LogP) is 3.57. The van der Waals surface area contributed by atoms with Gasteiger partial charge in [-0.15, -0.1) is 0 Å². The van der Waals surface area contributed by atoms with Gasteiger partial charge in [-0.25, -0.2) is 0 Å². The standard InChI is InChI=1S/C22H26ClN5O3/c1-3-14-6-4-5-9-28(14)22-26-19-18(21(31)27-22)15(11-17(29)25-19)20(30)24-16-10-13(23)8-7-12(16)2/h7-8,10,14-15H,3-6,9,11H2,1-2H3,(H,24,30)(H2,25,26,27,29,31). The lowest BCUT2D eigenvalue weighted by Crippen LogP contribution is -2.43. The molecule has 3 N–H and O–H groups in total. The van der Waals surface area contributed by atoms with E-state index in [1.54, 1.807) is 18.2 Å². The lowest BCUT2D eigenvalue weighted by atomic mass is 9.92. The number of aromatic amines is 1. The molecule has 31 heavy (non-hydrogen) atoms. The highest BCUT2D eigenvalue weighted by Gasteiger charge is 2.36. The van der Waals surface area contributed by atoms with Crippen LogP contribution in [0.4, 0.5) is 17.5 Å². The van der Waals surface area contributed by atoms with Crippen LogP contribution >= 0.6 is 11.6 Å². The van der Waals surface area contributed by atoms with Gasteiger partial charge >= 0.3 is 0 Å². The van der Waals surface area contributed by atoms with E-state index in [4.69, 9.17) is 11.6 Å². The molecule has 2 aliphatic heterocycles. The second kappa shape index (κ2) is 8.70. The molecule has 0 bridgehead atoms. The normalized spacial score (nSPS) is 20.7. The second-order valence-corrected chi connectivity index (χ2v) is 8.59. The first-order valence-corrected chi connectivity index (χ1v) is 11.0. The van der Waals surface area contributed by atoms with Crippen molar-refractivity contribution < 1.29 is 9.59 Å². The van der Waals surface area contributed by atoms with E-state index >= 15 is 0 Å². The first kappa shape index (κ1) is 21.4. The molecule has 8 nitrogen and oxygen atoms in total. The molecule has 2 unspecified atom stereocenters. The zero-order chi connectivity index (χ0) is 22.1. The molecular weight excluding hydrogens is 418 g/mol. The zero-order valence-electron chi connectivity index (χ0n) is 17.6. The average Bonchev–Trinajstić information content (AvgIpc) is 2.75. The minimum Gasteiger partial charge on any atom is -0.339 e. The van der Waals surface area contributed by atoms with Gasteiger partial charge in [-0.3, -0.25) is 19.4 Å². The van der Waals surface area contributed by atoms with Crippen LogP contribution in [0.1, 0.15) is 56.1 Å². The molecule has 1 aromatic carbocycles. The third-order valence-electron chi connectivity index (χ3n) is 6.08. The van der Waals surface area contributed by atoms with E-state index < -0.39 is 17.4 Å². The van der Waals surface area contributed by atoms with Crippen LogP contribution < -0.4 is 21.1 Å². The van der Waals surface area contributed by atoms with E-state index in [9.17, 15) is 14.4 Å². The van der Waals surface area contributed by atoms with Crippen LogP contribution in [0.3, 0.4) is 0 Å². The molecule has 2 aliphatic rings. The van der Waals surface area contributed by atoms with E-state index in [0.29, 0.717) is 22.7 Å². The number of hydrogen-bond donors (Lipinski definition) is 3. The van der Waals surface area contributed by atoms with Crippen molar-refractivity contribution in [3.8, 4) is 0 Å². The van der Waals surface area contributed by atoms with Crippen molar-refractivity contribution in [1.82, 2.24) is 9.97 Å². The average molecular weight is 444 g/mol. The molecule has 1 aromatic heterocycles. The van der Waals surface area contributed by atoms with E-state index in [0.717, 1.165) is 37.8 Å². The predicted molar refractivity (Wildman–Crippen MR) is 121 cm³/mol. The molecule has 164 valence electrons. The number of piperidine rings is 1. The topological polar surface area (TPSA) is 107 Å². The Morgan fingerprint density at radius 3 is 2.90 bits per heavy atom. The van der Waals surface area contributed by atoms with Crippen LogP contribution in [0.5, 0.6) is 0 Å². The third kappa shape index (κ3) is 4.30. The lowest BCUT2D eigenvalue weighted by molar-refractivity contribution is -0.123. The molecule has 4 rings (SSSR count). The van der Waals surface area contributed by atoms with Crippen molar-refractivity contribution in [3.63, 3.8) is 0 Å². The number of carbonyl (C=O) groups is 2. The molecule has 0 aliphatic carbocycles. The van der Waals surface area contributed by atoms with Crippen LogP contribution in [0.15, 0.2) is 23.0 Å². The summed E-state index contributed by atoms with van der Waals surface area (Å²) in [7, 11) is 0. The first-order valence-electron chi connectivity index (χ1n) is 10.6. The Morgan fingerprint density at radius 2 is 2.13 bits per heavy atom. The van der Waals surface area contributed by atoms with E-state index in [-0.39, 0.29) is 23.7 Å². The van der Waals surface area contributed by atoms with Gasteiger partial charge in [0.25, 0.3) is 5.56 Å². The number of rotatable bonds is 4. The zero-order valence-corrected chi connectivity index (χ0v) is 18.4. The number of H-pyrrole nitrogens is 1. The van der Waals surface area contributed by atoms with Gasteiger partial charge in [-0.05, 0) is 50.3 Å². The van der Waals surface area contributed by atoms with Gasteiger partial charge < -0.3 is 15.5 Å². The summed E-state index contributed by atoms with van der Waals surface area (Å²) in [6.45, 7) is 4.75. The molecule has 3 heterocycles. The molecule has 2 atom stereocenters. The van der Waals surface area contributed by atoms with Gasteiger partial charge in [0, 0.05) is 29.7 Å². The van der Waals surface area contributed by atoms with Crippen molar-refractivity contribution in [2.45, 2.75) is 57.9 Å². The van der Waals surface area contributed by atoms with E-state index in [2.05, 4.69) is 32.4 Å². The fraction of sp³-hybridized carbons (Fsp3) is 0.455. The molecule has 0 spiro atoms. The van der Waals surface area contributed by atoms with Gasteiger partial charge in [-0.1, -0.05) is 24.6 Å². The Bertz CT molecular complexity index is 1080. The van der Waals surface area contributed by atoms with Gasteiger partial charge in [0.1, 0.15) is 5.82 Å². The minimum atomic E-state index is -0.934. The number of halogens is 1. The van der Waals surface area contributed by atoms with E-state index in [1.165, 1.54) is 0 Å². The van der Waals surface area contributed by atoms with Gasteiger partial charge in [0.05, 0.1) is 11.5 Å². The van der Waals surface area contributed by atoms with Crippen molar-refractivity contribution >= 4 is 40.9 Å². The molecular formula is C22H26ClN5O3. The summed E-state index contributed by atoms with van der Waals surface area (Å²) < 4.78 is 0. The summed E-state index contributed by atoms with van der Waals surface area (Å²) in [5.41, 5.74) is 1.16. The largest absolute Gasteiger partial charge is 0.339 e. The first-order chi connectivity index (χ1) is 14.9. The molecule has 1 saturated heterocycles. The van der Waals surface area contributed by atoms with Crippen LogP contribution in [0.2, 0.25) is 5.02 Å². The Hall–Kier alpha value is -2.87. The summed E-state index contributed by atoms with van der Waals surface area (Å²) in [6, 6.07) is 5.46. The molecule has 2 aromatic rings. The highest BCUT2D eigenvalue weighted by atomic mass is 35.5. The number of anilines is 3. The lowest BCUT2D eigenvalue weighted by Gasteiger charge is -2.36. The monoisotopic (exact) mass is 443 g/mol. The molecule has 9 heteroatoms. The molecule has 2 amide bonds. The number of carbonyl (C=O) groups excluding carboxylic acids is 2. The Balaban J connectivity index is 1.67. The molecule has 1 fully saturated rings. The van der Waals surface area contributed by atoms with Gasteiger partial charge in [0.15, 0.2) is 0 Å². The number of benzene rings is 1. The number of hydrogen-bond acceptors (Lipinski definition) is 5. The SMILES string of the molecule is CCC1CCCCN1c1nc2c(c(=O)[nH]1)C(C(=O)Nc1cc(Cl)ccc1C)CC(=O)N2. The van der Waals surface area contributed by atoms with E-state index in [1.807, 2.05) is 6.92 Å². The van der Waals surface area contributed by atoms with Crippen LogP contribution in [0.25, 0.3) is 0 Å². The maximum absolute atomic E-state index is 13.1. The number of aryl methyl sites for hydroxylation is 1. The Kier molecular flexibility index (Phi) is 6.00. The quantitative estimate of drug-likeness (QED) is 0.669. The number of nitrogens with one attached hydrogen (secondary N) is 3. The number of amides is 2. The molecule has 0 radical (unpaired) electrons. The smallest absolute Gasteiger partial charge is 0.258 e. The van der Waals surface area contributed by atoms with Crippen LogP contribution in [-0.4, -0.2) is 34.4 Å². The van der Waals surface area contributed by atoms with Crippen LogP contribution in [-0.2, 0) is 9.59 Å². The number of nitrogens with zero attached hydrogens (tertiary/aromatic N) is 2.